The maximum atomic E-state index is 10.8. The van der Waals surface area contributed by atoms with Crippen LogP contribution in [0.1, 0.15) is 25.2 Å². The largest absolute Gasteiger partial charge is 0.369 e. The van der Waals surface area contributed by atoms with Gasteiger partial charge in [-0.15, -0.1) is 10.2 Å². The number of nitrogens with zero attached hydrogens (tertiary/aromatic N) is 4. The summed E-state index contributed by atoms with van der Waals surface area (Å²) in [5.41, 5.74) is 7.23. The second-order valence-electron chi connectivity index (χ2n) is 3.82. The van der Waals surface area contributed by atoms with Gasteiger partial charge in [0.25, 0.3) is 5.78 Å². The van der Waals surface area contributed by atoms with Gasteiger partial charge >= 0.3 is 0 Å². The van der Waals surface area contributed by atoms with Crippen molar-refractivity contribution in [2.24, 2.45) is 5.73 Å². The molecular weight excluding hydrogens is 250 g/mol. The van der Waals surface area contributed by atoms with E-state index in [0.717, 1.165) is 24.2 Å². The highest BCUT2D eigenvalue weighted by molar-refractivity contribution is 7.99. The van der Waals surface area contributed by atoms with Crippen molar-refractivity contribution in [2.45, 2.75) is 31.8 Å². The van der Waals surface area contributed by atoms with E-state index in [4.69, 9.17) is 5.73 Å². The first-order valence-electron chi connectivity index (χ1n) is 5.80. The molecule has 0 aliphatic carbocycles. The molecule has 0 bridgehead atoms. The van der Waals surface area contributed by atoms with Crippen molar-refractivity contribution in [1.82, 2.24) is 19.6 Å². The fourth-order valence-corrected chi connectivity index (χ4v) is 2.37. The Morgan fingerprint density at radius 1 is 1.39 bits per heavy atom. The summed E-state index contributed by atoms with van der Waals surface area (Å²) in [5, 5.41) is 8.76. The lowest BCUT2D eigenvalue weighted by molar-refractivity contribution is -0.115. The Balaban J connectivity index is 2.46. The van der Waals surface area contributed by atoms with Crippen LogP contribution in [0, 0.1) is 0 Å². The van der Waals surface area contributed by atoms with Crippen LogP contribution in [-0.4, -0.2) is 31.2 Å². The number of carbonyl (C=O) groups is 1. The molecule has 1 amide bonds. The quantitative estimate of drug-likeness (QED) is 0.809. The van der Waals surface area contributed by atoms with Crippen molar-refractivity contribution in [1.29, 1.82) is 0 Å². The summed E-state index contributed by atoms with van der Waals surface area (Å²) in [5.74, 6) is 0.408. The number of aryl methyl sites for hydroxylation is 2. The minimum absolute atomic E-state index is 0.194. The molecule has 96 valence electrons. The molecule has 0 saturated carbocycles. The van der Waals surface area contributed by atoms with Gasteiger partial charge in [0.2, 0.25) is 5.91 Å². The minimum atomic E-state index is -0.368. The summed E-state index contributed by atoms with van der Waals surface area (Å²) in [7, 11) is 0. The summed E-state index contributed by atoms with van der Waals surface area (Å²) in [6, 6.07) is 2.05. The lowest BCUT2D eigenvalue weighted by Gasteiger charge is -2.06. The third kappa shape index (κ3) is 2.45. The molecule has 0 aliphatic heterocycles. The number of rotatable bonds is 5. The van der Waals surface area contributed by atoms with Crippen molar-refractivity contribution in [3.05, 3.63) is 17.5 Å². The third-order valence-electron chi connectivity index (χ3n) is 2.55. The normalized spacial score (nSPS) is 11.0. The van der Waals surface area contributed by atoms with E-state index >= 15 is 0 Å². The number of aromatic nitrogens is 4. The number of hydrogen-bond donors (Lipinski definition) is 1. The average Bonchev–Trinajstić information content (AvgIpc) is 2.78. The number of carbonyl (C=O) groups excluding carboxylic acids is 1. The van der Waals surface area contributed by atoms with Crippen LogP contribution in [0.3, 0.4) is 0 Å². The monoisotopic (exact) mass is 265 g/mol. The first kappa shape index (κ1) is 12.8. The van der Waals surface area contributed by atoms with Gasteiger partial charge in [0.05, 0.1) is 5.75 Å². The lowest BCUT2D eigenvalue weighted by Crippen LogP contribution is -2.13. The zero-order valence-electron chi connectivity index (χ0n) is 10.4. The molecule has 0 radical (unpaired) electrons. The Hall–Kier alpha value is -1.63. The Bertz CT molecular complexity index is 580. The maximum Gasteiger partial charge on any atom is 0.256 e. The molecule has 7 heteroatoms. The average molecular weight is 265 g/mol. The van der Waals surface area contributed by atoms with Gasteiger partial charge in [-0.1, -0.05) is 25.6 Å². The first-order chi connectivity index (χ1) is 8.65. The van der Waals surface area contributed by atoms with Crippen LogP contribution in [0.25, 0.3) is 5.78 Å². The Labute approximate surface area is 109 Å². The number of thioether (sulfide) groups is 1. The number of fused-ring (bicyclic) bond motifs is 1. The highest BCUT2D eigenvalue weighted by Crippen LogP contribution is 2.19. The first-order valence-corrected chi connectivity index (χ1v) is 6.79. The predicted octanol–water partition coefficient (Wildman–Crippen LogP) is 0.826. The van der Waals surface area contributed by atoms with Crippen molar-refractivity contribution < 1.29 is 4.79 Å². The van der Waals surface area contributed by atoms with Crippen LogP contribution in [0.2, 0.25) is 0 Å². The van der Waals surface area contributed by atoms with E-state index in [9.17, 15) is 4.79 Å². The number of nitrogens with two attached hydrogens (primary N) is 1. The Kier molecular flexibility index (Phi) is 3.81. The van der Waals surface area contributed by atoms with Crippen LogP contribution in [0.5, 0.6) is 0 Å². The zero-order chi connectivity index (χ0) is 13.1. The molecule has 0 saturated heterocycles. The van der Waals surface area contributed by atoms with Gasteiger partial charge in [-0.05, 0) is 18.9 Å². The standard InChI is InChI=1S/C11H15N5OS/c1-3-7-5-8(4-2)16-10(13-7)14-15-11(16)18-6-9(12)17/h5H,3-4,6H2,1-2H3,(H2,12,17). The number of primary amides is 1. The second-order valence-corrected chi connectivity index (χ2v) is 4.76. The summed E-state index contributed by atoms with van der Waals surface area (Å²) in [6.07, 6.45) is 1.72. The van der Waals surface area contributed by atoms with Crippen LogP contribution < -0.4 is 5.73 Å². The second kappa shape index (κ2) is 5.34. The zero-order valence-corrected chi connectivity index (χ0v) is 11.2. The van der Waals surface area contributed by atoms with E-state index < -0.39 is 0 Å². The van der Waals surface area contributed by atoms with E-state index in [-0.39, 0.29) is 11.7 Å². The maximum absolute atomic E-state index is 10.8. The van der Waals surface area contributed by atoms with E-state index in [1.807, 2.05) is 10.5 Å². The molecule has 0 aliphatic rings. The molecule has 0 fully saturated rings. The van der Waals surface area contributed by atoms with Gasteiger partial charge in [-0.2, -0.15) is 0 Å². The van der Waals surface area contributed by atoms with Gasteiger partial charge in [-0.3, -0.25) is 9.20 Å². The molecule has 2 N–H and O–H groups in total. The molecule has 2 rings (SSSR count). The summed E-state index contributed by atoms with van der Waals surface area (Å²) < 4.78 is 1.88. The minimum Gasteiger partial charge on any atom is -0.369 e. The van der Waals surface area contributed by atoms with E-state index in [0.29, 0.717) is 10.9 Å². The van der Waals surface area contributed by atoms with E-state index in [2.05, 4.69) is 29.0 Å². The molecule has 0 atom stereocenters. The van der Waals surface area contributed by atoms with Crippen LogP contribution in [0.15, 0.2) is 11.2 Å². The van der Waals surface area contributed by atoms with Crippen molar-refractivity contribution in [3.63, 3.8) is 0 Å². The predicted molar refractivity (Wildman–Crippen MR) is 69.5 cm³/mol. The molecule has 2 heterocycles. The van der Waals surface area contributed by atoms with Gasteiger partial charge < -0.3 is 5.73 Å². The third-order valence-corrected chi connectivity index (χ3v) is 3.50. The Morgan fingerprint density at radius 3 is 2.78 bits per heavy atom. The molecule has 0 unspecified atom stereocenters. The Morgan fingerprint density at radius 2 is 2.17 bits per heavy atom. The van der Waals surface area contributed by atoms with Gasteiger partial charge in [0.15, 0.2) is 5.16 Å². The highest BCUT2D eigenvalue weighted by Gasteiger charge is 2.12. The van der Waals surface area contributed by atoms with E-state index in [1.54, 1.807) is 0 Å². The smallest absolute Gasteiger partial charge is 0.256 e. The van der Waals surface area contributed by atoms with Gasteiger partial charge in [-0.25, -0.2) is 4.98 Å². The van der Waals surface area contributed by atoms with Crippen LogP contribution in [-0.2, 0) is 17.6 Å². The van der Waals surface area contributed by atoms with Crippen LogP contribution in [0.4, 0.5) is 0 Å². The lowest BCUT2D eigenvalue weighted by atomic mass is 10.2. The SMILES string of the molecule is CCc1cc(CC)n2c(SCC(N)=O)nnc2n1. The summed E-state index contributed by atoms with van der Waals surface area (Å²) in [6.45, 7) is 4.12. The van der Waals surface area contributed by atoms with Crippen molar-refractivity contribution in [2.75, 3.05) is 5.75 Å². The molecule has 6 nitrogen and oxygen atoms in total. The summed E-state index contributed by atoms with van der Waals surface area (Å²) >= 11 is 1.28. The molecule has 2 aromatic heterocycles. The van der Waals surface area contributed by atoms with Gasteiger partial charge in [0, 0.05) is 11.4 Å². The number of amides is 1. The van der Waals surface area contributed by atoms with Crippen molar-refractivity contribution in [3.8, 4) is 0 Å². The van der Waals surface area contributed by atoms with Crippen LogP contribution >= 0.6 is 11.8 Å². The molecule has 0 aromatic carbocycles. The van der Waals surface area contributed by atoms with E-state index in [1.165, 1.54) is 11.8 Å². The highest BCUT2D eigenvalue weighted by atomic mass is 32.2. The van der Waals surface area contributed by atoms with Crippen molar-refractivity contribution >= 4 is 23.4 Å². The van der Waals surface area contributed by atoms with Gasteiger partial charge in [0.1, 0.15) is 0 Å². The number of hydrogen-bond acceptors (Lipinski definition) is 5. The summed E-state index contributed by atoms with van der Waals surface area (Å²) in [4.78, 5) is 15.2. The fraction of sp³-hybridized carbons (Fsp3) is 0.455. The molecule has 2 aromatic rings. The fourth-order valence-electron chi connectivity index (χ4n) is 1.67. The molecular formula is C11H15N5OS. The topological polar surface area (TPSA) is 86.2 Å². The molecule has 18 heavy (non-hydrogen) atoms. The molecule has 0 spiro atoms.